The summed E-state index contributed by atoms with van der Waals surface area (Å²) in [5, 5.41) is 14.1. The van der Waals surface area contributed by atoms with Gasteiger partial charge in [0.15, 0.2) is 0 Å². The molecule has 5 heteroatoms. The number of halogens is 1. The number of anilines is 1. The van der Waals surface area contributed by atoms with Crippen LogP contribution in [-0.4, -0.2) is 11.0 Å². The summed E-state index contributed by atoms with van der Waals surface area (Å²) in [6, 6.07) is 4.31. The highest BCUT2D eigenvalue weighted by Crippen LogP contribution is 2.35. The van der Waals surface area contributed by atoms with E-state index < -0.39 is 16.4 Å². The van der Waals surface area contributed by atoms with E-state index in [0.29, 0.717) is 17.1 Å². The summed E-state index contributed by atoms with van der Waals surface area (Å²) in [5.41, 5.74) is 0.525. The molecule has 0 bridgehead atoms. The zero-order valence-electron chi connectivity index (χ0n) is 12.0. The Kier molecular flexibility index (Phi) is 4.26. The molecule has 1 aromatic carbocycles. The minimum Gasteiger partial charge on any atom is -0.382 e. The van der Waals surface area contributed by atoms with Crippen LogP contribution in [0.2, 0.25) is 0 Å². The van der Waals surface area contributed by atoms with Gasteiger partial charge in [-0.15, -0.1) is 0 Å². The number of benzene rings is 1. The lowest BCUT2D eigenvalue weighted by molar-refractivity contribution is -0.387. The second-order valence-corrected chi connectivity index (χ2v) is 6.36. The van der Waals surface area contributed by atoms with Gasteiger partial charge in [0.05, 0.1) is 4.92 Å². The van der Waals surface area contributed by atoms with Crippen LogP contribution in [0.15, 0.2) is 18.2 Å². The van der Waals surface area contributed by atoms with Crippen molar-refractivity contribution in [3.05, 3.63) is 34.1 Å². The smallest absolute Gasteiger partial charge is 0.306 e. The van der Waals surface area contributed by atoms with E-state index in [1.54, 1.807) is 6.07 Å². The molecule has 0 aromatic heterocycles. The van der Waals surface area contributed by atoms with Crippen LogP contribution >= 0.6 is 0 Å². The van der Waals surface area contributed by atoms with Gasteiger partial charge in [-0.3, -0.25) is 10.1 Å². The molecular weight excluding hydrogens is 259 g/mol. The lowest BCUT2D eigenvalue weighted by Crippen LogP contribution is -2.19. The number of hydrogen-bond donors (Lipinski definition) is 1. The molecule has 1 aromatic rings. The first-order valence-corrected chi connectivity index (χ1v) is 7.08. The number of nitrogens with zero attached hydrogens (tertiary/aromatic N) is 1. The Labute approximate surface area is 118 Å². The Morgan fingerprint density at radius 1 is 1.35 bits per heavy atom. The van der Waals surface area contributed by atoms with E-state index >= 15 is 0 Å². The summed E-state index contributed by atoms with van der Waals surface area (Å²) in [7, 11) is 0. The van der Waals surface area contributed by atoms with Gasteiger partial charge in [0.25, 0.3) is 0 Å². The van der Waals surface area contributed by atoms with Crippen molar-refractivity contribution in [1.29, 1.82) is 0 Å². The fourth-order valence-corrected chi connectivity index (χ4v) is 2.78. The van der Waals surface area contributed by atoms with Gasteiger partial charge in [-0.1, -0.05) is 20.3 Å². The summed E-state index contributed by atoms with van der Waals surface area (Å²) in [5.74, 6) is -0.789. The molecule has 1 saturated carbocycles. The monoisotopic (exact) mass is 280 g/mol. The standard InChI is InChI=1S/C15H21FN2O2/c1-15(2)8-3-4-11(7-9-15)17-12-5-6-13(16)14(10-12)18(19)20/h5-6,10-11,17H,3-4,7-9H2,1-2H3. The molecule has 0 spiro atoms. The van der Waals surface area contributed by atoms with Crippen LogP contribution < -0.4 is 5.32 Å². The van der Waals surface area contributed by atoms with Crippen molar-refractivity contribution < 1.29 is 9.31 Å². The lowest BCUT2D eigenvalue weighted by atomic mass is 9.85. The van der Waals surface area contributed by atoms with Crippen LogP contribution in [0.4, 0.5) is 15.8 Å². The summed E-state index contributed by atoms with van der Waals surface area (Å²) in [6.07, 6.45) is 5.57. The maximum Gasteiger partial charge on any atom is 0.306 e. The maximum atomic E-state index is 13.3. The molecule has 1 fully saturated rings. The van der Waals surface area contributed by atoms with Crippen LogP contribution in [0.25, 0.3) is 0 Å². The molecule has 1 unspecified atom stereocenters. The zero-order chi connectivity index (χ0) is 14.8. The quantitative estimate of drug-likeness (QED) is 0.503. The fraction of sp³-hybridized carbons (Fsp3) is 0.600. The van der Waals surface area contributed by atoms with Crippen molar-refractivity contribution in [3.8, 4) is 0 Å². The van der Waals surface area contributed by atoms with Gasteiger partial charge >= 0.3 is 5.69 Å². The van der Waals surface area contributed by atoms with Crippen molar-refractivity contribution >= 4 is 11.4 Å². The van der Waals surface area contributed by atoms with Crippen LogP contribution in [0.3, 0.4) is 0 Å². The molecule has 0 heterocycles. The molecule has 0 saturated heterocycles. The van der Waals surface area contributed by atoms with E-state index in [1.807, 2.05) is 0 Å². The summed E-state index contributed by atoms with van der Waals surface area (Å²) in [4.78, 5) is 10.1. The highest BCUT2D eigenvalue weighted by atomic mass is 19.1. The second kappa shape index (κ2) is 5.77. The molecule has 2 rings (SSSR count). The molecule has 0 radical (unpaired) electrons. The molecule has 110 valence electrons. The van der Waals surface area contributed by atoms with Crippen molar-refractivity contribution in [3.63, 3.8) is 0 Å². The highest BCUT2D eigenvalue weighted by Gasteiger charge is 2.24. The molecule has 1 aliphatic carbocycles. The van der Waals surface area contributed by atoms with Gasteiger partial charge in [-0.05, 0) is 43.2 Å². The third kappa shape index (κ3) is 3.68. The van der Waals surface area contributed by atoms with Crippen molar-refractivity contribution in [1.82, 2.24) is 0 Å². The number of nitro benzene ring substituents is 1. The minimum atomic E-state index is -0.789. The number of nitro groups is 1. The van der Waals surface area contributed by atoms with Crippen molar-refractivity contribution in [2.45, 2.75) is 52.0 Å². The van der Waals surface area contributed by atoms with Gasteiger partial charge in [0.2, 0.25) is 5.82 Å². The van der Waals surface area contributed by atoms with Gasteiger partial charge in [0, 0.05) is 17.8 Å². The first-order valence-electron chi connectivity index (χ1n) is 7.08. The Morgan fingerprint density at radius 3 is 2.80 bits per heavy atom. The van der Waals surface area contributed by atoms with E-state index in [2.05, 4.69) is 19.2 Å². The maximum absolute atomic E-state index is 13.3. The molecule has 0 aliphatic heterocycles. The normalized spacial score (nSPS) is 22.1. The third-order valence-corrected chi connectivity index (χ3v) is 4.09. The van der Waals surface area contributed by atoms with Crippen LogP contribution in [0, 0.1) is 21.3 Å². The molecule has 1 N–H and O–H groups in total. The highest BCUT2D eigenvalue weighted by molar-refractivity contribution is 5.52. The Hall–Kier alpha value is -1.65. The van der Waals surface area contributed by atoms with E-state index in [-0.39, 0.29) is 0 Å². The second-order valence-electron chi connectivity index (χ2n) is 6.36. The van der Waals surface area contributed by atoms with Crippen molar-refractivity contribution in [2.75, 3.05) is 5.32 Å². The fourth-order valence-electron chi connectivity index (χ4n) is 2.78. The lowest BCUT2D eigenvalue weighted by Gasteiger charge is -2.22. The van der Waals surface area contributed by atoms with E-state index in [0.717, 1.165) is 31.7 Å². The van der Waals surface area contributed by atoms with Gasteiger partial charge in [-0.25, -0.2) is 0 Å². The Balaban J connectivity index is 2.06. The average molecular weight is 280 g/mol. The first-order chi connectivity index (χ1) is 9.37. The summed E-state index contributed by atoms with van der Waals surface area (Å²) in [6.45, 7) is 4.55. The van der Waals surface area contributed by atoms with Gasteiger partial charge < -0.3 is 5.32 Å². The molecule has 20 heavy (non-hydrogen) atoms. The third-order valence-electron chi connectivity index (χ3n) is 4.09. The van der Waals surface area contributed by atoms with E-state index in [4.69, 9.17) is 0 Å². The average Bonchev–Trinajstić information content (AvgIpc) is 2.53. The summed E-state index contributed by atoms with van der Waals surface area (Å²) < 4.78 is 13.3. The minimum absolute atomic E-state index is 0.307. The summed E-state index contributed by atoms with van der Waals surface area (Å²) >= 11 is 0. The van der Waals surface area contributed by atoms with E-state index in [9.17, 15) is 14.5 Å². The van der Waals surface area contributed by atoms with Crippen molar-refractivity contribution in [2.24, 2.45) is 5.41 Å². The van der Waals surface area contributed by atoms with Gasteiger partial charge in [-0.2, -0.15) is 4.39 Å². The topological polar surface area (TPSA) is 55.2 Å². The molecular formula is C15H21FN2O2. The van der Waals surface area contributed by atoms with E-state index in [1.165, 1.54) is 12.5 Å². The van der Waals surface area contributed by atoms with Crippen LogP contribution in [-0.2, 0) is 0 Å². The predicted molar refractivity (Wildman–Crippen MR) is 77.3 cm³/mol. The molecule has 4 nitrogen and oxygen atoms in total. The van der Waals surface area contributed by atoms with Gasteiger partial charge in [0.1, 0.15) is 0 Å². The zero-order valence-corrected chi connectivity index (χ0v) is 12.0. The molecule has 1 aliphatic rings. The van der Waals surface area contributed by atoms with Crippen LogP contribution in [0.1, 0.15) is 46.0 Å². The predicted octanol–water partition coefficient (Wildman–Crippen LogP) is 4.50. The Morgan fingerprint density at radius 2 is 2.10 bits per heavy atom. The Bertz CT molecular complexity index is 503. The molecule has 0 amide bonds. The largest absolute Gasteiger partial charge is 0.382 e. The van der Waals surface area contributed by atoms with Crippen LogP contribution in [0.5, 0.6) is 0 Å². The number of rotatable bonds is 3. The SMILES string of the molecule is CC1(C)CCCC(Nc2ccc(F)c([N+](=O)[O-])c2)CC1. The number of nitrogens with one attached hydrogen (secondary N) is 1. The first kappa shape index (κ1) is 14.8. The number of hydrogen-bond acceptors (Lipinski definition) is 3. The molecule has 1 atom stereocenters.